The van der Waals surface area contributed by atoms with E-state index in [1.807, 2.05) is 0 Å². The lowest BCUT2D eigenvalue weighted by atomic mass is 10.2. The highest BCUT2D eigenvalue weighted by molar-refractivity contribution is 9.10. The summed E-state index contributed by atoms with van der Waals surface area (Å²) in [6, 6.07) is 4.58. The van der Waals surface area contributed by atoms with E-state index in [0.717, 1.165) is 0 Å². The van der Waals surface area contributed by atoms with Crippen LogP contribution in [0.15, 0.2) is 35.2 Å². The number of benzene rings is 1. The molecular formula is C14H10BrFN4O2. The number of carboxylic acid groups (broad SMARTS) is 1. The van der Waals surface area contributed by atoms with Gasteiger partial charge >= 0.3 is 5.97 Å². The van der Waals surface area contributed by atoms with E-state index in [2.05, 4.69) is 31.3 Å². The van der Waals surface area contributed by atoms with Gasteiger partial charge in [0.2, 0.25) is 0 Å². The Kier molecular flexibility index (Phi) is 3.53. The first kappa shape index (κ1) is 14.5. The van der Waals surface area contributed by atoms with Gasteiger partial charge in [0.1, 0.15) is 17.7 Å². The van der Waals surface area contributed by atoms with Gasteiger partial charge in [0.15, 0.2) is 5.82 Å². The van der Waals surface area contributed by atoms with Crippen LogP contribution in [-0.2, 0) is 0 Å². The molecule has 0 saturated carbocycles. The molecule has 0 bridgehead atoms. The third kappa shape index (κ3) is 2.41. The van der Waals surface area contributed by atoms with Crippen LogP contribution in [0.5, 0.6) is 0 Å². The molecule has 3 rings (SSSR count). The van der Waals surface area contributed by atoms with Crippen LogP contribution >= 0.6 is 15.9 Å². The third-order valence-electron chi connectivity index (χ3n) is 3.24. The average molecular weight is 365 g/mol. The molecule has 0 unspecified atom stereocenters. The van der Waals surface area contributed by atoms with Gasteiger partial charge in [-0.1, -0.05) is 15.9 Å². The summed E-state index contributed by atoms with van der Waals surface area (Å²) in [6.45, 7) is 1.66. The summed E-state index contributed by atoms with van der Waals surface area (Å²) in [5, 5.41) is 16.0. The molecule has 2 N–H and O–H groups in total. The van der Waals surface area contributed by atoms with Crippen LogP contribution in [0.2, 0.25) is 0 Å². The minimum atomic E-state index is -1.05. The summed E-state index contributed by atoms with van der Waals surface area (Å²) in [5.41, 5.74) is 1.36. The second-order valence-corrected chi connectivity index (χ2v) is 5.54. The molecule has 0 aliphatic rings. The fraction of sp³-hybridized carbons (Fsp3) is 0.0714. The van der Waals surface area contributed by atoms with Crippen molar-refractivity contribution in [2.75, 3.05) is 5.32 Å². The highest BCUT2D eigenvalue weighted by Gasteiger charge is 2.17. The van der Waals surface area contributed by atoms with Gasteiger partial charge in [-0.3, -0.25) is 0 Å². The van der Waals surface area contributed by atoms with E-state index in [9.17, 15) is 14.3 Å². The summed E-state index contributed by atoms with van der Waals surface area (Å²) in [7, 11) is 0. The maximum Gasteiger partial charge on any atom is 0.337 e. The quantitative estimate of drug-likeness (QED) is 0.744. The lowest BCUT2D eigenvalue weighted by molar-refractivity contribution is 0.0696. The number of hydrogen-bond donors (Lipinski definition) is 2. The Morgan fingerprint density at radius 3 is 2.91 bits per heavy atom. The minimum Gasteiger partial charge on any atom is -0.478 e. The fourth-order valence-electron chi connectivity index (χ4n) is 2.19. The Hall–Kier alpha value is -2.48. The number of hydrogen-bond acceptors (Lipinski definition) is 4. The zero-order valence-electron chi connectivity index (χ0n) is 11.3. The molecule has 0 amide bonds. The summed E-state index contributed by atoms with van der Waals surface area (Å²) >= 11 is 3.19. The van der Waals surface area contributed by atoms with Crippen molar-refractivity contribution in [2.24, 2.45) is 0 Å². The monoisotopic (exact) mass is 364 g/mol. The number of nitrogens with one attached hydrogen (secondary N) is 1. The normalized spacial score (nSPS) is 10.9. The van der Waals surface area contributed by atoms with E-state index in [1.165, 1.54) is 23.1 Å². The van der Waals surface area contributed by atoms with E-state index < -0.39 is 11.8 Å². The van der Waals surface area contributed by atoms with Gasteiger partial charge in [-0.15, -0.1) is 0 Å². The van der Waals surface area contributed by atoms with Gasteiger partial charge < -0.3 is 10.4 Å². The molecule has 0 fully saturated rings. The van der Waals surface area contributed by atoms with E-state index in [4.69, 9.17) is 0 Å². The number of rotatable bonds is 3. The Morgan fingerprint density at radius 2 is 2.23 bits per heavy atom. The van der Waals surface area contributed by atoms with Crippen LogP contribution in [-0.4, -0.2) is 25.7 Å². The SMILES string of the molecule is Cc1c(C(=O)O)cn2ncnc(Nc3ccc(Br)cc3F)c12. The number of halogens is 2. The zero-order valence-corrected chi connectivity index (χ0v) is 12.9. The van der Waals surface area contributed by atoms with E-state index in [1.54, 1.807) is 19.1 Å². The van der Waals surface area contributed by atoms with Gasteiger partial charge in [0.05, 0.1) is 11.3 Å². The average Bonchev–Trinajstić information content (AvgIpc) is 2.80. The number of fused-ring (bicyclic) bond motifs is 1. The second kappa shape index (κ2) is 5.38. The molecule has 8 heteroatoms. The first-order chi connectivity index (χ1) is 10.5. The molecule has 112 valence electrons. The number of anilines is 2. The van der Waals surface area contributed by atoms with Crippen molar-refractivity contribution in [1.82, 2.24) is 14.6 Å². The van der Waals surface area contributed by atoms with Crippen LogP contribution in [0.25, 0.3) is 5.52 Å². The lowest BCUT2D eigenvalue weighted by Crippen LogP contribution is -2.01. The van der Waals surface area contributed by atoms with Gasteiger partial charge in [0, 0.05) is 10.7 Å². The van der Waals surface area contributed by atoms with E-state index in [0.29, 0.717) is 21.4 Å². The van der Waals surface area contributed by atoms with Crippen LogP contribution < -0.4 is 5.32 Å². The molecule has 0 atom stereocenters. The topological polar surface area (TPSA) is 79.5 Å². The van der Waals surface area contributed by atoms with Crippen molar-refractivity contribution < 1.29 is 14.3 Å². The van der Waals surface area contributed by atoms with Crippen molar-refractivity contribution in [3.05, 3.63) is 52.1 Å². The molecule has 0 spiro atoms. The fourth-order valence-corrected chi connectivity index (χ4v) is 2.52. The number of aryl methyl sites for hydroxylation is 1. The van der Waals surface area contributed by atoms with Crippen molar-refractivity contribution in [3.8, 4) is 0 Å². The van der Waals surface area contributed by atoms with Gasteiger partial charge in [0.25, 0.3) is 0 Å². The standard InChI is InChI=1S/C14H10BrFN4O2/c1-7-9(14(21)22)5-20-12(7)13(17-6-18-20)19-11-3-2-8(15)4-10(11)16/h2-6H,1H3,(H,21,22)(H,17,18,19). The van der Waals surface area contributed by atoms with Gasteiger partial charge in [-0.25, -0.2) is 18.7 Å². The maximum atomic E-state index is 13.9. The number of carboxylic acids is 1. The lowest BCUT2D eigenvalue weighted by Gasteiger charge is -2.09. The number of carbonyl (C=O) groups is 1. The largest absolute Gasteiger partial charge is 0.478 e. The zero-order chi connectivity index (χ0) is 15.9. The highest BCUT2D eigenvalue weighted by Crippen LogP contribution is 2.27. The Bertz CT molecular complexity index is 894. The number of aromatic nitrogens is 3. The first-order valence-corrected chi connectivity index (χ1v) is 7.05. The molecule has 0 radical (unpaired) electrons. The van der Waals surface area contributed by atoms with Gasteiger partial charge in [-0.2, -0.15) is 5.10 Å². The maximum absolute atomic E-state index is 13.9. The molecule has 1 aromatic carbocycles. The minimum absolute atomic E-state index is 0.125. The van der Waals surface area contributed by atoms with Crippen molar-refractivity contribution >= 4 is 38.9 Å². The summed E-state index contributed by atoms with van der Waals surface area (Å²) < 4.78 is 16.0. The Balaban J connectivity index is 2.13. The Labute approximate surface area is 132 Å². The van der Waals surface area contributed by atoms with Crippen molar-refractivity contribution in [1.29, 1.82) is 0 Å². The van der Waals surface area contributed by atoms with E-state index in [-0.39, 0.29) is 11.3 Å². The Morgan fingerprint density at radius 1 is 1.45 bits per heavy atom. The summed E-state index contributed by atoms with van der Waals surface area (Å²) in [5.74, 6) is -1.17. The highest BCUT2D eigenvalue weighted by atomic mass is 79.9. The molecule has 0 aliphatic heterocycles. The predicted octanol–water partition coefficient (Wildman–Crippen LogP) is 3.38. The molecule has 2 heterocycles. The predicted molar refractivity (Wildman–Crippen MR) is 82.1 cm³/mol. The third-order valence-corrected chi connectivity index (χ3v) is 3.73. The first-order valence-electron chi connectivity index (χ1n) is 6.25. The summed E-state index contributed by atoms with van der Waals surface area (Å²) in [4.78, 5) is 15.3. The molecule has 3 aromatic rings. The van der Waals surface area contributed by atoms with Crippen molar-refractivity contribution in [3.63, 3.8) is 0 Å². The van der Waals surface area contributed by atoms with Crippen LogP contribution in [0.3, 0.4) is 0 Å². The molecule has 2 aromatic heterocycles. The molecule has 0 saturated heterocycles. The second-order valence-electron chi connectivity index (χ2n) is 4.62. The molecule has 0 aliphatic carbocycles. The van der Waals surface area contributed by atoms with E-state index >= 15 is 0 Å². The molecular weight excluding hydrogens is 355 g/mol. The molecule has 6 nitrogen and oxygen atoms in total. The summed E-state index contributed by atoms with van der Waals surface area (Å²) in [6.07, 6.45) is 2.68. The number of nitrogens with zero attached hydrogens (tertiary/aromatic N) is 3. The van der Waals surface area contributed by atoms with Crippen molar-refractivity contribution in [2.45, 2.75) is 6.92 Å². The van der Waals surface area contributed by atoms with Crippen LogP contribution in [0.4, 0.5) is 15.9 Å². The van der Waals surface area contributed by atoms with Crippen LogP contribution in [0, 0.1) is 12.7 Å². The smallest absolute Gasteiger partial charge is 0.337 e. The van der Waals surface area contributed by atoms with Gasteiger partial charge in [-0.05, 0) is 30.7 Å². The number of aromatic carboxylic acids is 1. The molecule has 22 heavy (non-hydrogen) atoms. The van der Waals surface area contributed by atoms with Crippen LogP contribution in [0.1, 0.15) is 15.9 Å².